The molecule has 0 bridgehead atoms. The first-order valence-electron chi connectivity index (χ1n) is 8.05. The molecule has 1 fully saturated rings. The Labute approximate surface area is 160 Å². The van der Waals surface area contributed by atoms with E-state index in [2.05, 4.69) is 25.9 Å². The van der Waals surface area contributed by atoms with Gasteiger partial charge in [0.25, 0.3) is 15.9 Å². The second kappa shape index (κ2) is 7.77. The molecule has 10 heteroatoms. The van der Waals surface area contributed by atoms with E-state index in [0.29, 0.717) is 41.8 Å². The van der Waals surface area contributed by atoms with Crippen LogP contribution < -0.4 is 4.74 Å². The average molecular weight is 443 g/mol. The average Bonchev–Trinajstić information content (AvgIpc) is 3.07. The van der Waals surface area contributed by atoms with Gasteiger partial charge in [-0.25, -0.2) is 13.4 Å². The van der Waals surface area contributed by atoms with Gasteiger partial charge in [0.05, 0.1) is 25.2 Å². The molecule has 0 spiro atoms. The van der Waals surface area contributed by atoms with Crippen LogP contribution in [0.2, 0.25) is 0 Å². The molecular weight excluding hydrogens is 424 g/mol. The molecule has 0 aliphatic carbocycles. The summed E-state index contributed by atoms with van der Waals surface area (Å²) in [6.45, 7) is 1.38. The van der Waals surface area contributed by atoms with Gasteiger partial charge >= 0.3 is 0 Å². The maximum atomic E-state index is 12.9. The van der Waals surface area contributed by atoms with Gasteiger partial charge in [-0.3, -0.25) is 4.79 Å². The number of ether oxygens (including phenoxy) is 1. The molecule has 1 aromatic heterocycles. The van der Waals surface area contributed by atoms with Crippen LogP contribution in [-0.2, 0) is 10.0 Å². The van der Waals surface area contributed by atoms with Crippen molar-refractivity contribution >= 4 is 31.9 Å². The number of imidazole rings is 1. The number of aromatic amines is 1. The minimum Gasteiger partial charge on any atom is -0.497 e. The fourth-order valence-electron chi connectivity index (χ4n) is 2.83. The Bertz CT molecular complexity index is 886. The van der Waals surface area contributed by atoms with E-state index in [0.717, 1.165) is 0 Å². The molecule has 1 N–H and O–H groups in total. The monoisotopic (exact) mass is 442 g/mol. The predicted octanol–water partition coefficient (Wildman–Crippen LogP) is 1.72. The standard InChI is InChI=1S/C16H19BrN4O4S/c1-25-12-3-4-14(17)13(9-12)16(22)20-5-2-6-21(8-7-20)26(23,24)15-10-18-11-19-15/h3-4,9-11H,2,5-8H2,1H3,(H,18,19). The van der Waals surface area contributed by atoms with Crippen molar-refractivity contribution in [3.05, 3.63) is 40.8 Å². The maximum absolute atomic E-state index is 12.9. The number of amides is 1. The van der Waals surface area contributed by atoms with E-state index in [1.165, 1.54) is 16.8 Å². The van der Waals surface area contributed by atoms with Gasteiger partial charge in [-0.15, -0.1) is 0 Å². The molecule has 0 saturated carbocycles. The van der Waals surface area contributed by atoms with Gasteiger partial charge in [0.1, 0.15) is 5.75 Å². The molecule has 2 heterocycles. The third kappa shape index (κ3) is 3.76. The summed E-state index contributed by atoms with van der Waals surface area (Å²) >= 11 is 3.40. The number of aromatic nitrogens is 2. The topological polar surface area (TPSA) is 95.6 Å². The molecule has 1 aliphatic heterocycles. The van der Waals surface area contributed by atoms with E-state index >= 15 is 0 Å². The van der Waals surface area contributed by atoms with Crippen molar-refractivity contribution in [2.45, 2.75) is 11.4 Å². The highest BCUT2D eigenvalue weighted by molar-refractivity contribution is 9.10. The van der Waals surface area contributed by atoms with Gasteiger partial charge in [0, 0.05) is 30.7 Å². The number of carbonyl (C=O) groups is 1. The molecule has 8 nitrogen and oxygen atoms in total. The SMILES string of the molecule is COc1ccc(Br)c(C(=O)N2CCCN(S(=O)(=O)c3cnc[nH]3)CC2)c1. The molecule has 1 aliphatic rings. The summed E-state index contributed by atoms with van der Waals surface area (Å²) in [4.78, 5) is 21.0. The number of carbonyl (C=O) groups excluding carboxylic acids is 1. The molecule has 2 aromatic rings. The smallest absolute Gasteiger partial charge is 0.260 e. The van der Waals surface area contributed by atoms with E-state index in [1.807, 2.05) is 0 Å². The van der Waals surface area contributed by atoms with Crippen LogP contribution in [0.4, 0.5) is 0 Å². The van der Waals surface area contributed by atoms with E-state index in [1.54, 1.807) is 30.2 Å². The van der Waals surface area contributed by atoms with Gasteiger partial charge in [-0.05, 0) is 40.5 Å². The second-order valence-electron chi connectivity index (χ2n) is 5.81. The first-order chi connectivity index (χ1) is 12.4. The number of methoxy groups -OCH3 is 1. The molecule has 0 unspecified atom stereocenters. The Kier molecular flexibility index (Phi) is 5.64. The predicted molar refractivity (Wildman–Crippen MR) is 98.6 cm³/mol. The van der Waals surface area contributed by atoms with Gasteiger partial charge in [0.15, 0.2) is 5.03 Å². The van der Waals surface area contributed by atoms with Crippen LogP contribution in [0.15, 0.2) is 40.2 Å². The van der Waals surface area contributed by atoms with Crippen LogP contribution in [0.1, 0.15) is 16.8 Å². The van der Waals surface area contributed by atoms with E-state index in [4.69, 9.17) is 4.74 Å². The van der Waals surface area contributed by atoms with Crippen molar-refractivity contribution in [2.75, 3.05) is 33.3 Å². The van der Waals surface area contributed by atoms with Crippen molar-refractivity contribution in [2.24, 2.45) is 0 Å². The Morgan fingerprint density at radius 3 is 2.77 bits per heavy atom. The summed E-state index contributed by atoms with van der Waals surface area (Å²) in [5.74, 6) is 0.436. The molecule has 0 atom stereocenters. The number of hydrogen-bond donors (Lipinski definition) is 1. The third-order valence-corrected chi connectivity index (χ3v) is 6.75. The summed E-state index contributed by atoms with van der Waals surface area (Å²) in [5, 5.41) is 0.0628. The summed E-state index contributed by atoms with van der Waals surface area (Å²) in [7, 11) is -2.08. The molecule has 1 amide bonds. The van der Waals surface area contributed by atoms with E-state index < -0.39 is 10.0 Å². The second-order valence-corrected chi connectivity index (χ2v) is 8.57. The fraction of sp³-hybridized carbons (Fsp3) is 0.375. The lowest BCUT2D eigenvalue weighted by atomic mass is 10.2. The third-order valence-electron chi connectivity index (χ3n) is 4.24. The lowest BCUT2D eigenvalue weighted by Gasteiger charge is -2.22. The largest absolute Gasteiger partial charge is 0.497 e. The van der Waals surface area contributed by atoms with Crippen molar-refractivity contribution in [3.63, 3.8) is 0 Å². The Morgan fingerprint density at radius 1 is 1.27 bits per heavy atom. The van der Waals surface area contributed by atoms with Gasteiger partial charge in [0.2, 0.25) is 0 Å². The van der Waals surface area contributed by atoms with Crippen LogP contribution >= 0.6 is 15.9 Å². The highest BCUT2D eigenvalue weighted by Gasteiger charge is 2.29. The van der Waals surface area contributed by atoms with Crippen molar-refractivity contribution in [1.82, 2.24) is 19.2 Å². The van der Waals surface area contributed by atoms with Crippen LogP contribution in [0.3, 0.4) is 0 Å². The normalized spacial score (nSPS) is 16.3. The van der Waals surface area contributed by atoms with Gasteiger partial charge in [-0.2, -0.15) is 4.31 Å². The quantitative estimate of drug-likeness (QED) is 0.777. The lowest BCUT2D eigenvalue weighted by Crippen LogP contribution is -2.37. The molecule has 140 valence electrons. The van der Waals surface area contributed by atoms with E-state index in [-0.39, 0.29) is 17.5 Å². The zero-order valence-electron chi connectivity index (χ0n) is 14.2. The van der Waals surface area contributed by atoms with Crippen molar-refractivity contribution < 1.29 is 17.9 Å². The van der Waals surface area contributed by atoms with Crippen molar-refractivity contribution in [3.8, 4) is 5.75 Å². The number of rotatable bonds is 4. The zero-order chi connectivity index (χ0) is 18.7. The zero-order valence-corrected chi connectivity index (χ0v) is 16.6. The number of halogens is 1. The Morgan fingerprint density at radius 2 is 2.08 bits per heavy atom. The molecule has 1 saturated heterocycles. The first kappa shape index (κ1) is 18.9. The molecular formula is C16H19BrN4O4S. The highest BCUT2D eigenvalue weighted by Crippen LogP contribution is 2.25. The van der Waals surface area contributed by atoms with Crippen molar-refractivity contribution in [1.29, 1.82) is 0 Å². The maximum Gasteiger partial charge on any atom is 0.260 e. The Hall–Kier alpha value is -1.91. The molecule has 3 rings (SSSR count). The Balaban J connectivity index is 1.76. The molecule has 26 heavy (non-hydrogen) atoms. The number of hydrogen-bond acceptors (Lipinski definition) is 5. The number of H-pyrrole nitrogens is 1. The first-order valence-corrected chi connectivity index (χ1v) is 10.3. The number of sulfonamides is 1. The minimum atomic E-state index is -3.63. The summed E-state index contributed by atoms with van der Waals surface area (Å²) in [6, 6.07) is 5.21. The number of nitrogens with zero attached hydrogens (tertiary/aromatic N) is 3. The van der Waals surface area contributed by atoms with Gasteiger partial charge < -0.3 is 14.6 Å². The summed E-state index contributed by atoms with van der Waals surface area (Å²) in [5.41, 5.74) is 0.495. The minimum absolute atomic E-state index is 0.0628. The summed E-state index contributed by atoms with van der Waals surface area (Å²) in [6.07, 6.45) is 3.18. The van der Waals surface area contributed by atoms with E-state index in [9.17, 15) is 13.2 Å². The summed E-state index contributed by atoms with van der Waals surface area (Å²) < 4.78 is 32.5. The molecule has 0 radical (unpaired) electrons. The fourth-order valence-corrected chi connectivity index (χ4v) is 4.61. The van der Waals surface area contributed by atoms with Crippen LogP contribution in [0, 0.1) is 0 Å². The molecule has 1 aromatic carbocycles. The van der Waals surface area contributed by atoms with Crippen LogP contribution in [-0.4, -0.2) is 66.8 Å². The lowest BCUT2D eigenvalue weighted by molar-refractivity contribution is 0.0763. The van der Waals surface area contributed by atoms with Crippen LogP contribution in [0.5, 0.6) is 5.75 Å². The number of nitrogens with one attached hydrogen (secondary N) is 1. The van der Waals surface area contributed by atoms with Crippen LogP contribution in [0.25, 0.3) is 0 Å². The highest BCUT2D eigenvalue weighted by atomic mass is 79.9. The van der Waals surface area contributed by atoms with Gasteiger partial charge in [-0.1, -0.05) is 0 Å². The number of benzene rings is 1.